The van der Waals surface area contributed by atoms with E-state index in [1.54, 1.807) is 7.05 Å². The predicted octanol–water partition coefficient (Wildman–Crippen LogP) is 1.80. The molecule has 1 fully saturated rings. The number of hydrogen-bond donors (Lipinski definition) is 1. The predicted molar refractivity (Wildman–Crippen MR) is 93.0 cm³/mol. The van der Waals surface area contributed by atoms with E-state index in [1.807, 2.05) is 17.9 Å². The first kappa shape index (κ1) is 18.6. The van der Waals surface area contributed by atoms with Crippen molar-refractivity contribution in [1.29, 1.82) is 0 Å². The number of nitrogens with zero attached hydrogens (tertiary/aromatic N) is 3. The van der Waals surface area contributed by atoms with E-state index in [9.17, 15) is 9.59 Å². The standard InChI is InChI=1S/C17H25ClN4O2/c1-12-11-14(3-4-15(23)19-2)21-17(20-12)13-6-9-22(10-7-13)16(24)5-8-18/h11,13H,3-10H2,1-2H3,(H,19,23). The Kier molecular flexibility index (Phi) is 6.97. The zero-order valence-corrected chi connectivity index (χ0v) is 15.1. The molecule has 0 radical (unpaired) electrons. The normalized spacial score (nSPS) is 15.4. The van der Waals surface area contributed by atoms with Crippen LogP contribution in [0.4, 0.5) is 0 Å². The van der Waals surface area contributed by atoms with Crippen LogP contribution < -0.4 is 5.32 Å². The van der Waals surface area contributed by atoms with Crippen molar-refractivity contribution in [3.63, 3.8) is 0 Å². The summed E-state index contributed by atoms with van der Waals surface area (Å²) in [6, 6.07) is 1.94. The molecule has 1 aromatic heterocycles. The molecule has 2 heterocycles. The van der Waals surface area contributed by atoms with Crippen LogP contribution in [0.5, 0.6) is 0 Å². The summed E-state index contributed by atoms with van der Waals surface area (Å²) in [4.78, 5) is 34.4. The number of halogens is 1. The van der Waals surface area contributed by atoms with Crippen LogP contribution in [-0.4, -0.2) is 52.7 Å². The third kappa shape index (κ3) is 5.16. The molecule has 0 spiro atoms. The number of carbonyl (C=O) groups excluding carboxylic acids is 2. The molecule has 1 aliphatic heterocycles. The van der Waals surface area contributed by atoms with E-state index in [2.05, 4.69) is 15.3 Å². The van der Waals surface area contributed by atoms with Crippen LogP contribution in [0.25, 0.3) is 0 Å². The van der Waals surface area contributed by atoms with Crippen molar-refractivity contribution in [2.24, 2.45) is 0 Å². The van der Waals surface area contributed by atoms with Crippen LogP contribution >= 0.6 is 11.6 Å². The monoisotopic (exact) mass is 352 g/mol. The fourth-order valence-corrected chi connectivity index (χ4v) is 3.12. The minimum atomic E-state index is 0.0129. The molecular formula is C17H25ClN4O2. The van der Waals surface area contributed by atoms with Gasteiger partial charge in [0.05, 0.1) is 0 Å². The molecule has 1 aromatic rings. The molecule has 24 heavy (non-hydrogen) atoms. The van der Waals surface area contributed by atoms with Crippen molar-refractivity contribution < 1.29 is 9.59 Å². The second-order valence-electron chi connectivity index (χ2n) is 6.13. The lowest BCUT2D eigenvalue weighted by atomic mass is 9.95. The number of hydrogen-bond acceptors (Lipinski definition) is 4. The Morgan fingerprint density at radius 1 is 1.29 bits per heavy atom. The molecule has 0 aromatic carbocycles. The van der Waals surface area contributed by atoms with Crippen molar-refractivity contribution >= 4 is 23.4 Å². The summed E-state index contributed by atoms with van der Waals surface area (Å²) in [5.41, 5.74) is 1.83. The highest BCUT2D eigenvalue weighted by Gasteiger charge is 2.25. The summed E-state index contributed by atoms with van der Waals surface area (Å²) < 4.78 is 0. The summed E-state index contributed by atoms with van der Waals surface area (Å²) >= 11 is 5.64. The Balaban J connectivity index is 1.98. The Hall–Kier alpha value is -1.69. The third-order valence-electron chi connectivity index (χ3n) is 4.33. The van der Waals surface area contributed by atoms with E-state index in [-0.39, 0.29) is 17.7 Å². The Labute approximate surface area is 148 Å². The first-order valence-corrected chi connectivity index (χ1v) is 8.95. The van der Waals surface area contributed by atoms with Crippen LogP contribution in [-0.2, 0) is 16.0 Å². The van der Waals surface area contributed by atoms with Crippen molar-refractivity contribution in [1.82, 2.24) is 20.2 Å². The number of carbonyl (C=O) groups is 2. The lowest BCUT2D eigenvalue weighted by Crippen LogP contribution is -2.38. The first-order valence-electron chi connectivity index (χ1n) is 8.42. The quantitative estimate of drug-likeness (QED) is 0.792. The van der Waals surface area contributed by atoms with Crippen LogP contribution in [0.1, 0.15) is 48.8 Å². The summed E-state index contributed by atoms with van der Waals surface area (Å²) in [6.07, 6.45) is 3.18. The molecule has 1 N–H and O–H groups in total. The molecule has 2 rings (SSSR count). The van der Waals surface area contributed by atoms with Crippen molar-refractivity contribution in [2.45, 2.75) is 44.9 Å². The molecule has 1 saturated heterocycles. The topological polar surface area (TPSA) is 75.2 Å². The fourth-order valence-electron chi connectivity index (χ4n) is 2.96. The maximum atomic E-state index is 11.9. The lowest BCUT2D eigenvalue weighted by Gasteiger charge is -2.31. The van der Waals surface area contributed by atoms with Gasteiger partial charge in [0.1, 0.15) is 5.82 Å². The molecular weight excluding hydrogens is 328 g/mol. The molecule has 132 valence electrons. The number of piperidine rings is 1. The average molecular weight is 353 g/mol. The molecule has 7 heteroatoms. The number of nitrogens with one attached hydrogen (secondary N) is 1. The molecule has 0 unspecified atom stereocenters. The summed E-state index contributed by atoms with van der Waals surface area (Å²) in [5, 5.41) is 2.62. The van der Waals surface area contributed by atoms with Crippen LogP contribution in [0.3, 0.4) is 0 Å². The first-order chi connectivity index (χ1) is 11.5. The van der Waals surface area contributed by atoms with Gasteiger partial charge in [-0.05, 0) is 32.3 Å². The van der Waals surface area contributed by atoms with Gasteiger partial charge in [0.15, 0.2) is 0 Å². The minimum absolute atomic E-state index is 0.0129. The SMILES string of the molecule is CNC(=O)CCc1cc(C)nc(C2CCN(C(=O)CCCl)CC2)n1. The molecule has 1 aliphatic rings. The Morgan fingerprint density at radius 2 is 2.00 bits per heavy atom. The number of alkyl halides is 1. The van der Waals surface area contributed by atoms with Gasteiger partial charge in [-0.2, -0.15) is 0 Å². The second-order valence-corrected chi connectivity index (χ2v) is 6.50. The average Bonchev–Trinajstić information content (AvgIpc) is 2.59. The smallest absolute Gasteiger partial charge is 0.223 e. The van der Waals surface area contributed by atoms with Crippen molar-refractivity contribution in [2.75, 3.05) is 26.0 Å². The molecule has 0 saturated carbocycles. The fraction of sp³-hybridized carbons (Fsp3) is 0.647. The lowest BCUT2D eigenvalue weighted by molar-refractivity contribution is -0.131. The van der Waals surface area contributed by atoms with Crippen molar-refractivity contribution in [3.05, 3.63) is 23.3 Å². The molecule has 0 aliphatic carbocycles. The zero-order valence-electron chi connectivity index (χ0n) is 14.3. The largest absolute Gasteiger partial charge is 0.359 e. The third-order valence-corrected chi connectivity index (χ3v) is 4.52. The van der Waals surface area contributed by atoms with Crippen LogP contribution in [0.15, 0.2) is 6.07 Å². The number of rotatable bonds is 6. The molecule has 2 amide bonds. The highest BCUT2D eigenvalue weighted by Crippen LogP contribution is 2.26. The Bertz CT molecular complexity index is 586. The van der Waals surface area contributed by atoms with Gasteiger partial charge in [0.2, 0.25) is 11.8 Å². The maximum absolute atomic E-state index is 11.9. The van der Waals surface area contributed by atoms with Gasteiger partial charge in [-0.3, -0.25) is 9.59 Å². The van der Waals surface area contributed by atoms with Crippen LogP contribution in [0.2, 0.25) is 0 Å². The van der Waals surface area contributed by atoms with E-state index in [1.165, 1.54) is 0 Å². The minimum Gasteiger partial charge on any atom is -0.359 e. The number of amides is 2. The van der Waals surface area contributed by atoms with Gasteiger partial charge >= 0.3 is 0 Å². The molecule has 6 nitrogen and oxygen atoms in total. The van der Waals surface area contributed by atoms with Crippen molar-refractivity contribution in [3.8, 4) is 0 Å². The second kappa shape index (κ2) is 8.97. The van der Waals surface area contributed by atoms with Gasteiger partial charge < -0.3 is 10.2 Å². The Morgan fingerprint density at radius 3 is 2.62 bits per heavy atom. The summed E-state index contributed by atoms with van der Waals surface area (Å²) in [7, 11) is 1.64. The van der Waals surface area contributed by atoms with Gasteiger partial charge in [-0.1, -0.05) is 0 Å². The zero-order chi connectivity index (χ0) is 17.5. The number of aromatic nitrogens is 2. The molecule has 0 atom stereocenters. The van der Waals surface area contributed by atoms with E-state index in [0.29, 0.717) is 25.1 Å². The highest BCUT2D eigenvalue weighted by molar-refractivity contribution is 6.18. The van der Waals surface area contributed by atoms with Gasteiger partial charge in [-0.25, -0.2) is 9.97 Å². The van der Waals surface area contributed by atoms with E-state index < -0.39 is 0 Å². The summed E-state index contributed by atoms with van der Waals surface area (Å²) in [5.74, 6) is 1.61. The maximum Gasteiger partial charge on any atom is 0.223 e. The van der Waals surface area contributed by atoms with Gasteiger partial charge in [0, 0.05) is 56.2 Å². The van der Waals surface area contributed by atoms with E-state index >= 15 is 0 Å². The van der Waals surface area contributed by atoms with Gasteiger partial charge in [-0.15, -0.1) is 11.6 Å². The van der Waals surface area contributed by atoms with E-state index in [0.717, 1.165) is 43.1 Å². The number of likely N-dealkylation sites (tertiary alicyclic amines) is 1. The summed E-state index contributed by atoms with van der Waals surface area (Å²) in [6.45, 7) is 3.41. The van der Waals surface area contributed by atoms with E-state index in [4.69, 9.17) is 11.6 Å². The van der Waals surface area contributed by atoms with Crippen LogP contribution in [0, 0.1) is 6.92 Å². The number of aryl methyl sites for hydroxylation is 2. The molecule has 0 bridgehead atoms. The highest BCUT2D eigenvalue weighted by atomic mass is 35.5. The van der Waals surface area contributed by atoms with Gasteiger partial charge in [0.25, 0.3) is 0 Å².